The van der Waals surface area contributed by atoms with Gasteiger partial charge in [-0.25, -0.2) is 0 Å². The second-order valence-electron chi connectivity index (χ2n) is 5.22. The van der Waals surface area contributed by atoms with E-state index >= 15 is 0 Å². The standard InChI is InChI=1S/C13H20N2S/c14-10-13(6-2-7-13)15(11-4-5-11)9-12-3-1-8-16-12/h1,3,8,11H,2,4-7,9-10,14H2. The largest absolute Gasteiger partial charge is 0.329 e. The van der Waals surface area contributed by atoms with Crippen molar-refractivity contribution in [1.29, 1.82) is 0 Å². The van der Waals surface area contributed by atoms with E-state index in [0.29, 0.717) is 5.54 Å². The van der Waals surface area contributed by atoms with E-state index in [1.54, 1.807) is 0 Å². The molecule has 2 aliphatic rings. The summed E-state index contributed by atoms with van der Waals surface area (Å²) in [4.78, 5) is 4.20. The van der Waals surface area contributed by atoms with E-state index in [0.717, 1.165) is 19.1 Å². The van der Waals surface area contributed by atoms with Crippen LogP contribution in [0.5, 0.6) is 0 Å². The van der Waals surface area contributed by atoms with Gasteiger partial charge in [0.15, 0.2) is 0 Å². The van der Waals surface area contributed by atoms with Gasteiger partial charge in [-0.05, 0) is 43.6 Å². The first kappa shape index (κ1) is 10.8. The molecule has 2 saturated carbocycles. The van der Waals surface area contributed by atoms with Crippen molar-refractivity contribution in [2.24, 2.45) is 5.73 Å². The van der Waals surface area contributed by atoms with Gasteiger partial charge in [-0.3, -0.25) is 4.90 Å². The molecule has 3 heteroatoms. The topological polar surface area (TPSA) is 29.3 Å². The van der Waals surface area contributed by atoms with E-state index < -0.39 is 0 Å². The molecule has 0 amide bonds. The minimum absolute atomic E-state index is 0.352. The minimum Gasteiger partial charge on any atom is -0.329 e. The van der Waals surface area contributed by atoms with Crippen LogP contribution >= 0.6 is 11.3 Å². The molecule has 2 nitrogen and oxygen atoms in total. The van der Waals surface area contributed by atoms with Gasteiger partial charge in [-0.1, -0.05) is 6.07 Å². The molecule has 3 rings (SSSR count). The van der Waals surface area contributed by atoms with Crippen LogP contribution in [0.15, 0.2) is 17.5 Å². The van der Waals surface area contributed by atoms with Crippen LogP contribution in [0.1, 0.15) is 37.0 Å². The number of hydrogen-bond donors (Lipinski definition) is 1. The van der Waals surface area contributed by atoms with E-state index in [1.807, 2.05) is 11.3 Å². The van der Waals surface area contributed by atoms with Crippen molar-refractivity contribution in [3.8, 4) is 0 Å². The first-order valence-electron chi connectivity index (χ1n) is 6.33. The maximum absolute atomic E-state index is 6.03. The molecule has 88 valence electrons. The fourth-order valence-electron chi connectivity index (χ4n) is 2.83. The van der Waals surface area contributed by atoms with Gasteiger partial charge >= 0.3 is 0 Å². The molecule has 2 fully saturated rings. The van der Waals surface area contributed by atoms with E-state index in [2.05, 4.69) is 22.4 Å². The fourth-order valence-corrected chi connectivity index (χ4v) is 3.54. The van der Waals surface area contributed by atoms with Gasteiger partial charge in [0.1, 0.15) is 0 Å². The third-order valence-corrected chi connectivity index (χ3v) is 5.03. The quantitative estimate of drug-likeness (QED) is 0.851. The third kappa shape index (κ3) is 1.81. The van der Waals surface area contributed by atoms with Crippen LogP contribution in [0.4, 0.5) is 0 Å². The van der Waals surface area contributed by atoms with Crippen LogP contribution in [0.3, 0.4) is 0 Å². The van der Waals surface area contributed by atoms with Gasteiger partial charge in [0.25, 0.3) is 0 Å². The Labute approximate surface area is 101 Å². The molecular weight excluding hydrogens is 216 g/mol. The van der Waals surface area contributed by atoms with Crippen molar-refractivity contribution in [3.63, 3.8) is 0 Å². The van der Waals surface area contributed by atoms with Gasteiger partial charge in [0.05, 0.1) is 0 Å². The lowest BCUT2D eigenvalue weighted by Gasteiger charge is -2.50. The van der Waals surface area contributed by atoms with Crippen molar-refractivity contribution in [1.82, 2.24) is 4.90 Å². The third-order valence-electron chi connectivity index (χ3n) is 4.17. The van der Waals surface area contributed by atoms with Gasteiger partial charge < -0.3 is 5.73 Å². The summed E-state index contributed by atoms with van der Waals surface area (Å²) in [7, 11) is 0. The molecule has 0 aromatic carbocycles. The molecular formula is C13H20N2S. The SMILES string of the molecule is NCC1(N(Cc2cccs2)C2CC2)CCC1. The Morgan fingerprint density at radius 3 is 2.69 bits per heavy atom. The Morgan fingerprint density at radius 1 is 1.44 bits per heavy atom. The smallest absolute Gasteiger partial charge is 0.0338 e. The monoisotopic (exact) mass is 236 g/mol. The van der Waals surface area contributed by atoms with Crippen molar-refractivity contribution in [3.05, 3.63) is 22.4 Å². The van der Waals surface area contributed by atoms with E-state index in [-0.39, 0.29) is 0 Å². The fraction of sp³-hybridized carbons (Fsp3) is 0.692. The van der Waals surface area contributed by atoms with Crippen molar-refractivity contribution in [2.75, 3.05) is 6.54 Å². The zero-order valence-electron chi connectivity index (χ0n) is 9.69. The average molecular weight is 236 g/mol. The summed E-state index contributed by atoms with van der Waals surface area (Å²) < 4.78 is 0. The van der Waals surface area contributed by atoms with Gasteiger partial charge in [0.2, 0.25) is 0 Å². The second-order valence-corrected chi connectivity index (χ2v) is 6.25. The molecule has 0 unspecified atom stereocenters. The minimum atomic E-state index is 0.352. The number of nitrogens with two attached hydrogens (primary N) is 1. The lowest BCUT2D eigenvalue weighted by atomic mass is 9.75. The number of thiophene rings is 1. The zero-order valence-corrected chi connectivity index (χ0v) is 10.5. The average Bonchev–Trinajstić information content (AvgIpc) is 2.95. The summed E-state index contributed by atoms with van der Waals surface area (Å²) in [6, 6.07) is 5.23. The highest BCUT2D eigenvalue weighted by Crippen LogP contribution is 2.44. The first-order valence-corrected chi connectivity index (χ1v) is 7.21. The molecule has 0 spiro atoms. The van der Waals surface area contributed by atoms with Crippen LogP contribution in [-0.2, 0) is 6.54 Å². The van der Waals surface area contributed by atoms with Crippen molar-refractivity contribution < 1.29 is 0 Å². The molecule has 0 atom stereocenters. The number of nitrogens with zero attached hydrogens (tertiary/aromatic N) is 1. The van der Waals surface area contributed by atoms with E-state index in [9.17, 15) is 0 Å². The normalized spacial score (nSPS) is 23.4. The van der Waals surface area contributed by atoms with Crippen LogP contribution in [-0.4, -0.2) is 23.0 Å². The highest BCUT2D eigenvalue weighted by atomic mass is 32.1. The Kier molecular flexibility index (Phi) is 2.78. The van der Waals surface area contributed by atoms with Crippen molar-refractivity contribution >= 4 is 11.3 Å². The predicted molar refractivity (Wildman–Crippen MR) is 68.5 cm³/mol. The Bertz CT molecular complexity index is 333. The molecule has 1 heterocycles. The van der Waals surface area contributed by atoms with Gasteiger partial charge in [-0.2, -0.15) is 0 Å². The molecule has 0 radical (unpaired) electrons. The predicted octanol–water partition coefficient (Wildman–Crippen LogP) is 2.59. The molecule has 0 bridgehead atoms. The summed E-state index contributed by atoms with van der Waals surface area (Å²) in [5.74, 6) is 0. The van der Waals surface area contributed by atoms with Gasteiger partial charge in [0, 0.05) is 29.5 Å². The number of rotatable bonds is 5. The summed E-state index contributed by atoms with van der Waals surface area (Å²) in [5, 5.41) is 2.18. The van der Waals surface area contributed by atoms with E-state index in [1.165, 1.54) is 37.0 Å². The highest BCUT2D eigenvalue weighted by Gasteiger charge is 2.47. The summed E-state index contributed by atoms with van der Waals surface area (Å²) in [5.41, 5.74) is 6.38. The second kappa shape index (κ2) is 4.13. The first-order chi connectivity index (χ1) is 7.84. The molecule has 2 N–H and O–H groups in total. The molecule has 0 aliphatic heterocycles. The molecule has 1 aromatic heterocycles. The van der Waals surface area contributed by atoms with Gasteiger partial charge in [-0.15, -0.1) is 11.3 Å². The molecule has 2 aliphatic carbocycles. The van der Waals surface area contributed by atoms with Crippen LogP contribution in [0.2, 0.25) is 0 Å². The van der Waals surface area contributed by atoms with Crippen LogP contribution in [0, 0.1) is 0 Å². The van der Waals surface area contributed by atoms with Crippen LogP contribution in [0.25, 0.3) is 0 Å². The maximum atomic E-state index is 6.03. The molecule has 16 heavy (non-hydrogen) atoms. The van der Waals surface area contributed by atoms with Crippen molar-refractivity contribution in [2.45, 2.75) is 50.2 Å². The maximum Gasteiger partial charge on any atom is 0.0338 e. The van der Waals surface area contributed by atoms with E-state index in [4.69, 9.17) is 5.73 Å². The van der Waals surface area contributed by atoms with Crippen LogP contribution < -0.4 is 5.73 Å². The lowest BCUT2D eigenvalue weighted by Crippen LogP contribution is -2.58. The summed E-state index contributed by atoms with van der Waals surface area (Å²) in [6.45, 7) is 1.97. The molecule has 1 aromatic rings. The molecule has 0 saturated heterocycles. The lowest BCUT2D eigenvalue weighted by molar-refractivity contribution is 0.00987. The zero-order chi connectivity index (χ0) is 11.0. The Balaban J connectivity index is 1.75. The highest BCUT2D eigenvalue weighted by molar-refractivity contribution is 7.09. The number of hydrogen-bond acceptors (Lipinski definition) is 3. The summed E-state index contributed by atoms with van der Waals surface area (Å²) >= 11 is 1.88. The Hall–Kier alpha value is -0.380. The Morgan fingerprint density at radius 2 is 2.25 bits per heavy atom. The summed E-state index contributed by atoms with van der Waals surface area (Å²) in [6.07, 6.45) is 6.75.